The van der Waals surface area contributed by atoms with Crippen LogP contribution in [0.4, 0.5) is 16.4 Å². The average Bonchev–Trinajstić information content (AvgIpc) is 3.54. The Balaban J connectivity index is 1.52. The van der Waals surface area contributed by atoms with Crippen molar-refractivity contribution in [2.24, 2.45) is 0 Å². The molecule has 3 heterocycles. The number of rotatable bonds is 10. The van der Waals surface area contributed by atoms with Crippen molar-refractivity contribution in [1.82, 2.24) is 19.9 Å². The zero-order valence-electron chi connectivity index (χ0n) is 28.6. The van der Waals surface area contributed by atoms with Crippen molar-refractivity contribution in [2.45, 2.75) is 59.2 Å². The van der Waals surface area contributed by atoms with Gasteiger partial charge in [0.25, 0.3) is 0 Å². The van der Waals surface area contributed by atoms with E-state index in [0.29, 0.717) is 71.1 Å². The van der Waals surface area contributed by atoms with Gasteiger partial charge >= 0.3 is 6.09 Å². The Morgan fingerprint density at radius 3 is 2.49 bits per heavy atom. The molecule has 1 amide bonds. The fourth-order valence-corrected chi connectivity index (χ4v) is 5.61. The van der Waals surface area contributed by atoms with Gasteiger partial charge in [-0.05, 0) is 64.8 Å². The minimum Gasteiger partial charge on any atom is -0.497 e. The molecule has 1 atom stereocenters. The van der Waals surface area contributed by atoms with E-state index in [4.69, 9.17) is 28.7 Å². The number of methoxy groups -OCH3 is 3. The fraction of sp³-hybridized carbons (Fsp3) is 0.429. The zero-order valence-corrected chi connectivity index (χ0v) is 28.6. The van der Waals surface area contributed by atoms with Crippen molar-refractivity contribution in [1.29, 1.82) is 0 Å². The minimum absolute atomic E-state index is 0.0447. The lowest BCUT2D eigenvalue weighted by molar-refractivity contribution is 0.0238. The van der Waals surface area contributed by atoms with Crippen LogP contribution in [0.5, 0.6) is 28.9 Å². The molecular weight excluding hydrogens is 600 g/mol. The number of anilines is 2. The van der Waals surface area contributed by atoms with Crippen molar-refractivity contribution < 1.29 is 28.5 Å². The number of carbonyl (C=O) groups excluding carboxylic acids is 1. The highest BCUT2D eigenvalue weighted by Crippen LogP contribution is 2.40. The first kappa shape index (κ1) is 33.4. The Bertz CT molecular complexity index is 1760. The van der Waals surface area contributed by atoms with Crippen LogP contribution in [-0.2, 0) is 11.3 Å². The zero-order chi connectivity index (χ0) is 33.9. The van der Waals surface area contributed by atoms with Gasteiger partial charge in [-0.1, -0.05) is 6.07 Å². The number of nitrogens with one attached hydrogen (secondary N) is 1. The first-order chi connectivity index (χ1) is 22.4. The molecule has 2 aromatic heterocycles. The third-order valence-electron chi connectivity index (χ3n) is 8.20. The highest BCUT2D eigenvalue weighted by atomic mass is 16.6. The Hall–Kier alpha value is -5.00. The normalized spacial score (nSPS) is 14.6. The van der Waals surface area contributed by atoms with E-state index in [1.54, 1.807) is 33.3 Å². The van der Waals surface area contributed by atoms with E-state index >= 15 is 0 Å². The summed E-state index contributed by atoms with van der Waals surface area (Å²) in [4.78, 5) is 30.9. The van der Waals surface area contributed by atoms with E-state index in [1.165, 1.54) is 6.33 Å². The fourth-order valence-electron chi connectivity index (χ4n) is 5.61. The van der Waals surface area contributed by atoms with Gasteiger partial charge in [-0.25, -0.2) is 14.8 Å². The van der Waals surface area contributed by atoms with Gasteiger partial charge < -0.3 is 38.8 Å². The molecule has 4 aromatic rings. The van der Waals surface area contributed by atoms with Crippen molar-refractivity contribution in [3.63, 3.8) is 0 Å². The Morgan fingerprint density at radius 1 is 1.02 bits per heavy atom. The lowest BCUT2D eigenvalue weighted by Gasteiger charge is -2.28. The Morgan fingerprint density at radius 2 is 1.79 bits per heavy atom. The summed E-state index contributed by atoms with van der Waals surface area (Å²) < 4.78 is 28.9. The molecule has 0 aliphatic carbocycles. The number of hydrogen-bond donors (Lipinski definition) is 1. The maximum Gasteiger partial charge on any atom is 0.410 e. The van der Waals surface area contributed by atoms with Crippen LogP contribution in [0.25, 0.3) is 10.9 Å². The summed E-state index contributed by atoms with van der Waals surface area (Å²) >= 11 is 0. The second-order valence-electron chi connectivity index (χ2n) is 12.6. The molecular formula is C35H44N6O6. The summed E-state index contributed by atoms with van der Waals surface area (Å²) in [7, 11) is 6.66. The van der Waals surface area contributed by atoms with Crippen molar-refractivity contribution in [3.8, 4) is 28.9 Å². The standard InChI is InChI=1S/C35H44N6O6/c1-21-10-13-27(44-8)22(2)31(21)46-33-30-26(37-20-38-32(30)36-18-23-11-12-25(43-7)16-28(23)45-9)17-29(39-33)41-15-14-24(19-41)40(6)34(42)47-35(3,4)5/h10-13,16-17,20,24H,14-15,18-19H2,1-9H3,(H,36,37,38)/t24-/m1/s1. The third-order valence-corrected chi connectivity index (χ3v) is 8.20. The number of likely N-dealkylation sites (N-methyl/N-ethyl adjacent to an activating group) is 1. The molecule has 2 aromatic carbocycles. The minimum atomic E-state index is -0.573. The summed E-state index contributed by atoms with van der Waals surface area (Å²) in [6.07, 6.45) is 1.94. The Kier molecular flexibility index (Phi) is 9.78. The molecule has 12 heteroatoms. The number of pyridine rings is 1. The molecule has 0 unspecified atom stereocenters. The summed E-state index contributed by atoms with van der Waals surface area (Å²) in [5.74, 6) is 4.35. The molecule has 0 spiro atoms. The maximum absolute atomic E-state index is 12.8. The lowest BCUT2D eigenvalue weighted by atomic mass is 10.1. The summed E-state index contributed by atoms with van der Waals surface area (Å²) in [5, 5.41) is 4.08. The van der Waals surface area contributed by atoms with Crippen molar-refractivity contribution >= 4 is 28.6 Å². The first-order valence-corrected chi connectivity index (χ1v) is 15.6. The maximum atomic E-state index is 12.8. The van der Waals surface area contributed by atoms with E-state index in [9.17, 15) is 4.79 Å². The number of hydrogen-bond acceptors (Lipinski definition) is 11. The van der Waals surface area contributed by atoms with Gasteiger partial charge in [0.1, 0.15) is 51.9 Å². The van der Waals surface area contributed by atoms with Gasteiger partial charge in [0.15, 0.2) is 0 Å². The quantitative estimate of drug-likeness (QED) is 0.203. The van der Waals surface area contributed by atoms with E-state index < -0.39 is 5.60 Å². The number of carbonyl (C=O) groups is 1. The topological polar surface area (TPSA) is 120 Å². The monoisotopic (exact) mass is 644 g/mol. The predicted molar refractivity (Wildman–Crippen MR) is 181 cm³/mol. The molecule has 5 rings (SSSR count). The lowest BCUT2D eigenvalue weighted by Crippen LogP contribution is -2.42. The number of fused-ring (bicyclic) bond motifs is 1. The molecule has 0 saturated carbocycles. The van der Waals surface area contributed by atoms with Gasteiger partial charge in [-0.15, -0.1) is 0 Å². The van der Waals surface area contributed by atoms with Gasteiger partial charge in [0.05, 0.1) is 32.9 Å². The number of nitrogens with zero attached hydrogens (tertiary/aromatic N) is 5. The Labute approximate surface area is 276 Å². The van der Waals surface area contributed by atoms with E-state index in [-0.39, 0.29) is 12.1 Å². The molecule has 1 fully saturated rings. The summed E-state index contributed by atoms with van der Waals surface area (Å²) in [5.41, 5.74) is 2.78. The van der Waals surface area contributed by atoms with Crippen LogP contribution in [0.2, 0.25) is 0 Å². The van der Waals surface area contributed by atoms with Crippen LogP contribution in [0.3, 0.4) is 0 Å². The van der Waals surface area contributed by atoms with Gasteiger partial charge in [0, 0.05) is 49.9 Å². The van der Waals surface area contributed by atoms with E-state index in [0.717, 1.165) is 23.1 Å². The number of ether oxygens (including phenoxy) is 5. The van der Waals surface area contributed by atoms with Crippen molar-refractivity contribution in [2.75, 3.05) is 51.7 Å². The molecule has 0 bridgehead atoms. The van der Waals surface area contributed by atoms with Crippen LogP contribution >= 0.6 is 0 Å². The average molecular weight is 645 g/mol. The second kappa shape index (κ2) is 13.8. The third kappa shape index (κ3) is 7.37. The number of amides is 1. The predicted octanol–water partition coefficient (Wildman–Crippen LogP) is 6.52. The van der Waals surface area contributed by atoms with Crippen LogP contribution < -0.4 is 29.2 Å². The molecule has 1 aliphatic rings. The van der Waals surface area contributed by atoms with Crippen LogP contribution in [0, 0.1) is 13.8 Å². The summed E-state index contributed by atoms with van der Waals surface area (Å²) in [6, 6.07) is 11.4. The van der Waals surface area contributed by atoms with Gasteiger partial charge in [-0.3, -0.25) is 0 Å². The van der Waals surface area contributed by atoms with Gasteiger partial charge in [0.2, 0.25) is 5.88 Å². The molecule has 0 radical (unpaired) electrons. The largest absolute Gasteiger partial charge is 0.497 e. The molecule has 1 aliphatic heterocycles. The van der Waals surface area contributed by atoms with Crippen LogP contribution in [0.15, 0.2) is 42.7 Å². The number of benzene rings is 2. The molecule has 12 nitrogen and oxygen atoms in total. The van der Waals surface area contributed by atoms with Crippen LogP contribution in [-0.4, -0.2) is 79.1 Å². The number of aryl methyl sites for hydroxylation is 1. The highest BCUT2D eigenvalue weighted by Gasteiger charge is 2.32. The van der Waals surface area contributed by atoms with Gasteiger partial charge in [-0.2, -0.15) is 4.98 Å². The molecule has 1 saturated heterocycles. The van der Waals surface area contributed by atoms with Crippen molar-refractivity contribution in [3.05, 3.63) is 59.4 Å². The molecule has 1 N–H and O–H groups in total. The van der Waals surface area contributed by atoms with E-state index in [2.05, 4.69) is 20.2 Å². The second-order valence-corrected chi connectivity index (χ2v) is 12.6. The highest BCUT2D eigenvalue weighted by molar-refractivity contribution is 5.95. The summed E-state index contributed by atoms with van der Waals surface area (Å²) in [6.45, 7) is 11.2. The number of aromatic nitrogens is 3. The van der Waals surface area contributed by atoms with E-state index in [1.807, 2.05) is 71.0 Å². The molecule has 47 heavy (non-hydrogen) atoms. The smallest absolute Gasteiger partial charge is 0.410 e. The SMILES string of the molecule is COc1ccc(CNc2ncnc3cc(N4CC[C@@H](N(C)C(=O)OC(C)(C)C)C4)nc(Oc4c(C)ccc(OC)c4C)c23)c(OC)c1. The van der Waals surface area contributed by atoms with Crippen LogP contribution in [0.1, 0.15) is 43.9 Å². The molecule has 250 valence electrons. The first-order valence-electron chi connectivity index (χ1n) is 15.6.